The van der Waals surface area contributed by atoms with Gasteiger partial charge in [0.2, 0.25) is 0 Å². The van der Waals surface area contributed by atoms with Crippen molar-refractivity contribution in [2.45, 2.75) is 38.1 Å². The Morgan fingerprint density at radius 3 is 2.74 bits per heavy atom. The van der Waals surface area contributed by atoms with Gasteiger partial charge in [0.05, 0.1) is 23.9 Å². The Hall–Kier alpha value is -1.93. The zero-order valence-electron chi connectivity index (χ0n) is 12.4. The molecule has 23 heavy (non-hydrogen) atoms. The van der Waals surface area contributed by atoms with Crippen molar-refractivity contribution >= 4 is 11.6 Å². The number of hydrazone groups is 1. The molecule has 5 nitrogen and oxygen atoms in total. The lowest BCUT2D eigenvalue weighted by Crippen LogP contribution is -2.45. The van der Waals surface area contributed by atoms with Crippen LogP contribution in [0, 0.1) is 0 Å². The molecule has 8 heteroatoms. The average molecular weight is 330 g/mol. The number of carbonyl (C=O) groups excluding carboxylic acids is 1. The Bertz CT molecular complexity index is 616. The van der Waals surface area contributed by atoms with Crippen LogP contribution in [0.2, 0.25) is 0 Å². The fourth-order valence-corrected chi connectivity index (χ4v) is 2.19. The van der Waals surface area contributed by atoms with Crippen LogP contribution in [-0.2, 0) is 11.0 Å². The molecule has 0 bridgehead atoms. The molecule has 0 spiro atoms. The number of amides is 1. The van der Waals surface area contributed by atoms with Crippen molar-refractivity contribution in [3.05, 3.63) is 35.4 Å². The van der Waals surface area contributed by atoms with E-state index in [1.807, 2.05) is 0 Å². The minimum atomic E-state index is -4.49. The molecule has 0 aliphatic carbocycles. The molecule has 1 aliphatic heterocycles. The molecule has 2 unspecified atom stereocenters. The van der Waals surface area contributed by atoms with Gasteiger partial charge < -0.3 is 10.2 Å². The SMILES string of the molecule is CCC(O)CN1N=C(c2cccc(C(F)(F)F)c2)CC(O)C1=O. The molecule has 0 saturated heterocycles. The highest BCUT2D eigenvalue weighted by molar-refractivity contribution is 6.05. The molecule has 0 aromatic heterocycles. The highest BCUT2D eigenvalue weighted by atomic mass is 19.4. The van der Waals surface area contributed by atoms with Gasteiger partial charge in [0.25, 0.3) is 5.91 Å². The van der Waals surface area contributed by atoms with E-state index >= 15 is 0 Å². The van der Waals surface area contributed by atoms with Crippen molar-refractivity contribution in [1.82, 2.24) is 5.01 Å². The highest BCUT2D eigenvalue weighted by Crippen LogP contribution is 2.30. The number of β-amino-alcohol motifs (C(OH)–C–C–N with tert-alkyl or cyclic N) is 1. The fraction of sp³-hybridized carbons (Fsp3) is 0.467. The maximum absolute atomic E-state index is 12.8. The van der Waals surface area contributed by atoms with Gasteiger partial charge in [-0.05, 0) is 24.1 Å². The van der Waals surface area contributed by atoms with Gasteiger partial charge in [-0.15, -0.1) is 0 Å². The van der Waals surface area contributed by atoms with Gasteiger partial charge in [0, 0.05) is 6.42 Å². The molecule has 0 saturated carbocycles. The van der Waals surface area contributed by atoms with Crippen molar-refractivity contribution in [2.24, 2.45) is 5.10 Å². The second kappa shape index (κ2) is 6.67. The molecule has 0 radical (unpaired) electrons. The van der Waals surface area contributed by atoms with Crippen LogP contribution in [0.15, 0.2) is 29.4 Å². The molecular formula is C15H17F3N2O3. The second-order valence-corrected chi connectivity index (χ2v) is 5.33. The van der Waals surface area contributed by atoms with Crippen molar-refractivity contribution in [3.63, 3.8) is 0 Å². The summed E-state index contributed by atoms with van der Waals surface area (Å²) in [5.74, 6) is -0.673. The van der Waals surface area contributed by atoms with Crippen LogP contribution in [0.1, 0.15) is 30.9 Å². The highest BCUT2D eigenvalue weighted by Gasteiger charge is 2.33. The smallest absolute Gasteiger partial charge is 0.391 e. The maximum atomic E-state index is 12.8. The van der Waals surface area contributed by atoms with E-state index < -0.39 is 29.9 Å². The molecule has 1 heterocycles. The van der Waals surface area contributed by atoms with E-state index in [4.69, 9.17) is 0 Å². The van der Waals surface area contributed by atoms with Crippen LogP contribution in [0.25, 0.3) is 0 Å². The molecule has 1 aromatic rings. The predicted octanol–water partition coefficient (Wildman–Crippen LogP) is 1.77. The first-order valence-corrected chi connectivity index (χ1v) is 7.15. The number of nitrogens with zero attached hydrogens (tertiary/aromatic N) is 2. The Balaban J connectivity index is 2.34. The molecule has 1 aliphatic rings. The summed E-state index contributed by atoms with van der Waals surface area (Å²) in [6.45, 7) is 1.60. The molecule has 0 fully saturated rings. The van der Waals surface area contributed by atoms with E-state index in [1.54, 1.807) is 6.92 Å². The second-order valence-electron chi connectivity index (χ2n) is 5.33. The maximum Gasteiger partial charge on any atom is 0.416 e. The Morgan fingerprint density at radius 1 is 1.43 bits per heavy atom. The first-order valence-electron chi connectivity index (χ1n) is 7.15. The van der Waals surface area contributed by atoms with E-state index in [2.05, 4.69) is 5.10 Å². The molecule has 1 amide bonds. The third kappa shape index (κ3) is 4.08. The Morgan fingerprint density at radius 2 is 2.13 bits per heavy atom. The lowest BCUT2D eigenvalue weighted by Gasteiger charge is -2.28. The number of rotatable bonds is 4. The summed E-state index contributed by atoms with van der Waals surface area (Å²) in [6, 6.07) is 4.54. The van der Waals surface area contributed by atoms with Crippen LogP contribution in [0.4, 0.5) is 13.2 Å². The number of aliphatic hydroxyl groups excluding tert-OH is 2. The summed E-state index contributed by atoms with van der Waals surface area (Å²) in [5, 5.41) is 24.4. The minimum absolute atomic E-state index is 0.116. The number of halogens is 3. The van der Waals surface area contributed by atoms with Crippen LogP contribution in [-0.4, -0.2) is 45.6 Å². The van der Waals surface area contributed by atoms with E-state index in [9.17, 15) is 28.2 Å². The third-order valence-electron chi connectivity index (χ3n) is 3.55. The first kappa shape index (κ1) is 17.4. The van der Waals surface area contributed by atoms with Gasteiger partial charge in [0.1, 0.15) is 6.10 Å². The summed E-state index contributed by atoms with van der Waals surface area (Å²) in [4.78, 5) is 11.9. The lowest BCUT2D eigenvalue weighted by atomic mass is 10.00. The molecule has 2 atom stereocenters. The first-order chi connectivity index (χ1) is 10.7. The topological polar surface area (TPSA) is 73.1 Å². The van der Waals surface area contributed by atoms with Crippen molar-refractivity contribution < 1.29 is 28.2 Å². The number of carbonyl (C=O) groups is 1. The summed E-state index contributed by atoms with van der Waals surface area (Å²) in [6.07, 6.45) is -6.48. The van der Waals surface area contributed by atoms with Crippen LogP contribution in [0.3, 0.4) is 0 Å². The van der Waals surface area contributed by atoms with Crippen LogP contribution < -0.4 is 0 Å². The molecule has 1 aromatic carbocycles. The fourth-order valence-electron chi connectivity index (χ4n) is 2.19. The van der Waals surface area contributed by atoms with E-state index in [0.717, 1.165) is 17.1 Å². The van der Waals surface area contributed by atoms with Crippen LogP contribution in [0.5, 0.6) is 0 Å². The molecule has 2 N–H and O–H groups in total. The van der Waals surface area contributed by atoms with Gasteiger partial charge in [0.15, 0.2) is 0 Å². The van der Waals surface area contributed by atoms with Gasteiger partial charge in [-0.25, -0.2) is 5.01 Å². The largest absolute Gasteiger partial charge is 0.416 e. The van der Waals surface area contributed by atoms with E-state index in [1.165, 1.54) is 12.1 Å². The number of hydrogen-bond acceptors (Lipinski definition) is 4. The number of hydrogen-bond donors (Lipinski definition) is 2. The number of benzene rings is 1. The Labute approximate surface area is 131 Å². The minimum Gasteiger partial charge on any atom is -0.391 e. The lowest BCUT2D eigenvalue weighted by molar-refractivity contribution is -0.142. The summed E-state index contributed by atoms with van der Waals surface area (Å²) in [7, 11) is 0. The predicted molar refractivity (Wildman–Crippen MR) is 76.6 cm³/mol. The van der Waals surface area contributed by atoms with E-state index in [0.29, 0.717) is 6.42 Å². The molecular weight excluding hydrogens is 313 g/mol. The molecule has 2 rings (SSSR count). The Kier molecular flexibility index (Phi) is 5.06. The zero-order chi connectivity index (χ0) is 17.2. The van der Waals surface area contributed by atoms with Crippen molar-refractivity contribution in [2.75, 3.05) is 6.54 Å². The van der Waals surface area contributed by atoms with Gasteiger partial charge in [-0.2, -0.15) is 18.3 Å². The number of alkyl halides is 3. The monoisotopic (exact) mass is 330 g/mol. The number of aliphatic hydroxyl groups is 2. The van der Waals surface area contributed by atoms with Gasteiger partial charge in [-0.3, -0.25) is 4.79 Å². The van der Waals surface area contributed by atoms with Crippen molar-refractivity contribution in [3.8, 4) is 0 Å². The van der Waals surface area contributed by atoms with Gasteiger partial charge >= 0.3 is 6.18 Å². The third-order valence-corrected chi connectivity index (χ3v) is 3.55. The van der Waals surface area contributed by atoms with Gasteiger partial charge in [-0.1, -0.05) is 19.1 Å². The van der Waals surface area contributed by atoms with Crippen LogP contribution >= 0.6 is 0 Å². The van der Waals surface area contributed by atoms with Crippen molar-refractivity contribution in [1.29, 1.82) is 0 Å². The average Bonchev–Trinajstić information content (AvgIpc) is 2.50. The normalized spacial score (nSPS) is 20.4. The molecule has 126 valence electrons. The summed E-state index contributed by atoms with van der Waals surface area (Å²) >= 11 is 0. The van der Waals surface area contributed by atoms with E-state index in [-0.39, 0.29) is 24.2 Å². The quantitative estimate of drug-likeness (QED) is 0.884. The zero-order valence-corrected chi connectivity index (χ0v) is 12.4. The summed E-state index contributed by atoms with van der Waals surface area (Å²) < 4.78 is 38.3. The standard InChI is InChI=1S/C15H17F3N2O3/c1-2-11(21)8-20-14(23)13(22)7-12(19-20)9-4-3-5-10(6-9)15(16,17)18/h3-6,11,13,21-22H,2,7-8H2,1H3. The summed E-state index contributed by atoms with van der Waals surface area (Å²) in [5.41, 5.74) is -0.474.